The lowest BCUT2D eigenvalue weighted by Gasteiger charge is -2.09. The molecule has 2 aromatic carbocycles. The lowest BCUT2D eigenvalue weighted by molar-refractivity contribution is -0.123. The van der Waals surface area contributed by atoms with Crippen molar-refractivity contribution in [1.82, 2.24) is 5.32 Å². The van der Waals surface area contributed by atoms with Crippen molar-refractivity contribution in [3.05, 3.63) is 65.0 Å². The maximum absolute atomic E-state index is 13.5. The highest BCUT2D eigenvalue weighted by Gasteiger charge is 2.09. The van der Waals surface area contributed by atoms with Crippen molar-refractivity contribution >= 4 is 17.5 Å². The Hall–Kier alpha value is -2.69. The van der Waals surface area contributed by atoms with E-state index in [0.717, 1.165) is 11.1 Å². The van der Waals surface area contributed by atoms with Crippen LogP contribution in [0.3, 0.4) is 0 Å². The molecule has 23 heavy (non-hydrogen) atoms. The van der Waals surface area contributed by atoms with Crippen LogP contribution in [0.15, 0.2) is 42.5 Å². The molecule has 120 valence electrons. The molecule has 0 saturated heterocycles. The predicted octanol–water partition coefficient (Wildman–Crippen LogP) is 2.74. The van der Waals surface area contributed by atoms with Gasteiger partial charge in [-0.05, 0) is 48.7 Å². The molecule has 0 bridgehead atoms. The fraction of sp³-hybridized carbons (Fsp3) is 0.222. The molecule has 2 rings (SSSR count). The lowest BCUT2D eigenvalue weighted by Crippen LogP contribution is -2.33. The van der Waals surface area contributed by atoms with Gasteiger partial charge in [-0.15, -0.1) is 0 Å². The van der Waals surface area contributed by atoms with E-state index in [1.165, 1.54) is 6.07 Å². The molecule has 0 atom stereocenters. The molecule has 0 radical (unpaired) electrons. The first-order valence-corrected chi connectivity index (χ1v) is 7.32. The van der Waals surface area contributed by atoms with E-state index < -0.39 is 11.7 Å². The van der Waals surface area contributed by atoms with Gasteiger partial charge in [0.2, 0.25) is 11.8 Å². The zero-order valence-electron chi connectivity index (χ0n) is 13.2. The number of aryl methyl sites for hydroxylation is 2. The number of hydrogen-bond donors (Lipinski definition) is 2. The van der Waals surface area contributed by atoms with Crippen molar-refractivity contribution in [3.63, 3.8) is 0 Å². The van der Waals surface area contributed by atoms with Crippen LogP contribution in [0, 0.1) is 19.7 Å². The first-order valence-electron chi connectivity index (χ1n) is 7.32. The standard InChI is InChI=1S/C18H19FN2O2/c1-12-7-13(2)9-15(8-12)21-18(23)11-20-17(22)10-14-5-3-4-6-16(14)19/h3-9H,10-11H2,1-2H3,(H,20,22)(H,21,23). The fourth-order valence-corrected chi connectivity index (χ4v) is 2.31. The molecule has 0 fully saturated rings. The second-order valence-corrected chi connectivity index (χ2v) is 5.47. The van der Waals surface area contributed by atoms with E-state index in [0.29, 0.717) is 11.3 Å². The van der Waals surface area contributed by atoms with E-state index in [-0.39, 0.29) is 18.9 Å². The second-order valence-electron chi connectivity index (χ2n) is 5.47. The van der Waals surface area contributed by atoms with Gasteiger partial charge in [0.05, 0.1) is 13.0 Å². The third-order valence-electron chi connectivity index (χ3n) is 3.26. The average Bonchev–Trinajstić information content (AvgIpc) is 2.46. The average molecular weight is 314 g/mol. The number of nitrogens with one attached hydrogen (secondary N) is 2. The van der Waals surface area contributed by atoms with Crippen LogP contribution in [-0.4, -0.2) is 18.4 Å². The van der Waals surface area contributed by atoms with Crippen molar-refractivity contribution < 1.29 is 14.0 Å². The molecule has 0 unspecified atom stereocenters. The summed E-state index contributed by atoms with van der Waals surface area (Å²) in [4.78, 5) is 23.6. The van der Waals surface area contributed by atoms with Crippen LogP contribution in [0.2, 0.25) is 0 Å². The highest BCUT2D eigenvalue weighted by atomic mass is 19.1. The van der Waals surface area contributed by atoms with Crippen LogP contribution >= 0.6 is 0 Å². The molecule has 0 aliphatic carbocycles. The summed E-state index contributed by atoms with van der Waals surface area (Å²) in [5, 5.41) is 5.22. The fourth-order valence-electron chi connectivity index (χ4n) is 2.31. The zero-order valence-corrected chi connectivity index (χ0v) is 13.2. The maximum Gasteiger partial charge on any atom is 0.243 e. The largest absolute Gasteiger partial charge is 0.347 e. The van der Waals surface area contributed by atoms with E-state index >= 15 is 0 Å². The normalized spacial score (nSPS) is 10.2. The number of anilines is 1. The molecule has 5 heteroatoms. The Bertz CT molecular complexity index is 708. The maximum atomic E-state index is 13.5. The van der Waals surface area contributed by atoms with Crippen molar-refractivity contribution in [1.29, 1.82) is 0 Å². The van der Waals surface area contributed by atoms with Crippen LogP contribution in [0.5, 0.6) is 0 Å². The summed E-state index contributed by atoms with van der Waals surface area (Å²) in [6, 6.07) is 11.8. The monoisotopic (exact) mass is 314 g/mol. The van der Waals surface area contributed by atoms with Gasteiger partial charge in [-0.2, -0.15) is 0 Å². The third kappa shape index (κ3) is 5.21. The second kappa shape index (κ2) is 7.54. The van der Waals surface area contributed by atoms with Gasteiger partial charge in [0.1, 0.15) is 5.82 Å². The minimum absolute atomic E-state index is 0.0937. The first-order chi connectivity index (χ1) is 10.9. The van der Waals surface area contributed by atoms with Gasteiger partial charge in [0.25, 0.3) is 0 Å². The Morgan fingerprint density at radius 3 is 2.30 bits per heavy atom. The van der Waals surface area contributed by atoms with Gasteiger partial charge in [-0.3, -0.25) is 9.59 Å². The molecule has 2 amide bonds. The summed E-state index contributed by atoms with van der Waals surface area (Å²) >= 11 is 0. The summed E-state index contributed by atoms with van der Waals surface area (Å²) in [6.07, 6.45) is -0.0937. The molecular formula is C18H19FN2O2. The molecular weight excluding hydrogens is 295 g/mol. The Kier molecular flexibility index (Phi) is 5.46. The topological polar surface area (TPSA) is 58.2 Å². The van der Waals surface area contributed by atoms with Crippen LogP contribution < -0.4 is 10.6 Å². The molecule has 0 aliphatic rings. The van der Waals surface area contributed by atoms with Crippen LogP contribution in [-0.2, 0) is 16.0 Å². The highest BCUT2D eigenvalue weighted by molar-refractivity contribution is 5.94. The Labute approximate surface area is 134 Å². The zero-order chi connectivity index (χ0) is 16.8. The van der Waals surface area contributed by atoms with Crippen LogP contribution in [0.4, 0.5) is 10.1 Å². The van der Waals surface area contributed by atoms with E-state index in [1.54, 1.807) is 18.2 Å². The minimum atomic E-state index is -0.428. The number of benzene rings is 2. The predicted molar refractivity (Wildman–Crippen MR) is 87.7 cm³/mol. The molecule has 2 N–H and O–H groups in total. The number of rotatable bonds is 5. The molecule has 0 aliphatic heterocycles. The van der Waals surface area contributed by atoms with Crippen molar-refractivity contribution in [2.75, 3.05) is 11.9 Å². The summed E-state index contributed by atoms with van der Waals surface area (Å²) in [5.41, 5.74) is 3.09. The summed E-state index contributed by atoms with van der Waals surface area (Å²) < 4.78 is 13.5. The number of carbonyl (C=O) groups is 2. The highest BCUT2D eigenvalue weighted by Crippen LogP contribution is 2.13. The summed E-state index contributed by atoms with van der Waals surface area (Å²) in [5.74, 6) is -1.15. The number of hydrogen-bond acceptors (Lipinski definition) is 2. The van der Waals surface area contributed by atoms with Crippen molar-refractivity contribution in [2.24, 2.45) is 0 Å². The van der Waals surface area contributed by atoms with Gasteiger partial charge in [0.15, 0.2) is 0 Å². The summed E-state index contributed by atoms with van der Waals surface area (Å²) in [6.45, 7) is 3.73. The number of amides is 2. The smallest absolute Gasteiger partial charge is 0.243 e. The Morgan fingerprint density at radius 1 is 1.00 bits per heavy atom. The van der Waals surface area contributed by atoms with Gasteiger partial charge < -0.3 is 10.6 Å². The van der Waals surface area contributed by atoms with Gasteiger partial charge in [-0.25, -0.2) is 4.39 Å². The van der Waals surface area contributed by atoms with E-state index in [4.69, 9.17) is 0 Å². The van der Waals surface area contributed by atoms with Crippen LogP contribution in [0.25, 0.3) is 0 Å². The molecule has 4 nitrogen and oxygen atoms in total. The van der Waals surface area contributed by atoms with Crippen molar-refractivity contribution in [3.8, 4) is 0 Å². The number of halogens is 1. The molecule has 2 aromatic rings. The van der Waals surface area contributed by atoms with E-state index in [9.17, 15) is 14.0 Å². The minimum Gasteiger partial charge on any atom is -0.347 e. The van der Waals surface area contributed by atoms with Gasteiger partial charge in [-0.1, -0.05) is 24.3 Å². The first kappa shape index (κ1) is 16.7. The Morgan fingerprint density at radius 2 is 1.65 bits per heavy atom. The molecule has 0 spiro atoms. The quantitative estimate of drug-likeness (QED) is 0.891. The SMILES string of the molecule is Cc1cc(C)cc(NC(=O)CNC(=O)Cc2ccccc2F)c1. The Balaban J connectivity index is 1.84. The van der Waals surface area contributed by atoms with Crippen molar-refractivity contribution in [2.45, 2.75) is 20.3 Å². The van der Waals surface area contributed by atoms with Crippen LogP contribution in [0.1, 0.15) is 16.7 Å². The van der Waals surface area contributed by atoms with E-state index in [1.807, 2.05) is 32.0 Å². The third-order valence-corrected chi connectivity index (χ3v) is 3.26. The molecule has 0 heterocycles. The summed E-state index contributed by atoms with van der Waals surface area (Å²) in [7, 11) is 0. The van der Waals surface area contributed by atoms with Gasteiger partial charge >= 0.3 is 0 Å². The number of carbonyl (C=O) groups excluding carboxylic acids is 2. The molecule has 0 aromatic heterocycles. The van der Waals surface area contributed by atoms with E-state index in [2.05, 4.69) is 10.6 Å². The molecule has 0 saturated carbocycles. The lowest BCUT2D eigenvalue weighted by atomic mass is 10.1. The van der Waals surface area contributed by atoms with Gasteiger partial charge in [0, 0.05) is 5.69 Å².